The van der Waals surface area contributed by atoms with Crippen LogP contribution in [0.5, 0.6) is 0 Å². The third-order valence-electron chi connectivity index (χ3n) is 6.88. The van der Waals surface area contributed by atoms with E-state index in [9.17, 15) is 8.42 Å². The second-order valence-electron chi connectivity index (χ2n) is 9.30. The van der Waals surface area contributed by atoms with Gasteiger partial charge in [-0.3, -0.25) is 4.40 Å². The lowest BCUT2D eigenvalue weighted by molar-refractivity contribution is 0.558. The highest BCUT2D eigenvalue weighted by Crippen LogP contribution is 2.38. The van der Waals surface area contributed by atoms with E-state index in [1.54, 1.807) is 42.7 Å². The number of aromatic nitrogens is 7. The van der Waals surface area contributed by atoms with Gasteiger partial charge in [-0.25, -0.2) is 27.3 Å². The van der Waals surface area contributed by atoms with Gasteiger partial charge in [0.25, 0.3) is 10.0 Å². The molecule has 4 aromatic heterocycles. The Morgan fingerprint density at radius 2 is 1.89 bits per heavy atom. The Morgan fingerprint density at radius 1 is 1.05 bits per heavy atom. The molecule has 0 aliphatic heterocycles. The van der Waals surface area contributed by atoms with Crippen LogP contribution in [0.2, 0.25) is 0 Å². The fourth-order valence-corrected chi connectivity index (χ4v) is 6.25. The van der Waals surface area contributed by atoms with Crippen LogP contribution in [0.4, 0.5) is 5.82 Å². The van der Waals surface area contributed by atoms with Gasteiger partial charge in [0.15, 0.2) is 17.0 Å². The van der Waals surface area contributed by atoms with Crippen LogP contribution < -0.4 is 5.32 Å². The van der Waals surface area contributed by atoms with Crippen molar-refractivity contribution in [2.24, 2.45) is 5.92 Å². The van der Waals surface area contributed by atoms with Gasteiger partial charge >= 0.3 is 0 Å². The molecule has 11 nitrogen and oxygen atoms in total. The van der Waals surface area contributed by atoms with Gasteiger partial charge in [0.1, 0.15) is 17.7 Å². The minimum atomic E-state index is -3.81. The number of anilines is 1. The number of nitrogens with one attached hydrogen (secondary N) is 1. The van der Waals surface area contributed by atoms with E-state index in [0.29, 0.717) is 28.5 Å². The Labute approximate surface area is 212 Å². The van der Waals surface area contributed by atoms with Crippen molar-refractivity contribution in [3.05, 3.63) is 72.2 Å². The van der Waals surface area contributed by atoms with E-state index >= 15 is 0 Å². The zero-order chi connectivity index (χ0) is 25.6. The van der Waals surface area contributed by atoms with Gasteiger partial charge in [0.2, 0.25) is 0 Å². The van der Waals surface area contributed by atoms with E-state index in [1.165, 1.54) is 16.4 Å². The third kappa shape index (κ3) is 4.07. The molecule has 4 heterocycles. The maximum Gasteiger partial charge on any atom is 0.269 e. The maximum atomic E-state index is 13.4. The Bertz CT molecular complexity index is 1750. The second-order valence-corrected chi connectivity index (χ2v) is 11.1. The molecule has 0 spiro atoms. The topological polar surface area (TPSA) is 144 Å². The van der Waals surface area contributed by atoms with E-state index in [4.69, 9.17) is 5.26 Å². The van der Waals surface area contributed by atoms with Gasteiger partial charge in [0, 0.05) is 18.7 Å². The molecular formula is C25H23N9O2S. The number of rotatable bonds is 6. The number of nitrogens with zero attached hydrogens (tertiary/aromatic N) is 8. The van der Waals surface area contributed by atoms with Crippen LogP contribution >= 0.6 is 0 Å². The summed E-state index contributed by atoms with van der Waals surface area (Å²) in [7, 11) is -3.81. The molecule has 5 aromatic rings. The van der Waals surface area contributed by atoms with Crippen LogP contribution in [0.25, 0.3) is 16.8 Å². The van der Waals surface area contributed by atoms with Crippen molar-refractivity contribution in [2.75, 3.05) is 11.9 Å². The molecule has 12 heteroatoms. The average Bonchev–Trinajstić information content (AvgIpc) is 3.65. The summed E-state index contributed by atoms with van der Waals surface area (Å²) in [6.45, 7) is 2.65. The van der Waals surface area contributed by atoms with E-state index in [0.717, 1.165) is 37.2 Å². The van der Waals surface area contributed by atoms with Gasteiger partial charge in [-0.05, 0) is 50.3 Å². The van der Waals surface area contributed by atoms with Crippen molar-refractivity contribution in [3.8, 4) is 6.07 Å². The van der Waals surface area contributed by atoms with Crippen molar-refractivity contribution >= 4 is 32.7 Å². The quantitative estimate of drug-likeness (QED) is 0.362. The number of nitriles is 1. The van der Waals surface area contributed by atoms with E-state index in [2.05, 4.69) is 30.5 Å². The Morgan fingerprint density at radius 3 is 2.65 bits per heavy atom. The second kappa shape index (κ2) is 8.94. The molecule has 1 saturated carbocycles. The fourth-order valence-electron chi connectivity index (χ4n) is 4.96. The molecule has 0 saturated heterocycles. The van der Waals surface area contributed by atoms with Crippen LogP contribution in [-0.4, -0.2) is 48.5 Å². The lowest BCUT2D eigenvalue weighted by atomic mass is 10.0. The standard InChI is InChI=1S/C25H23N9O2S/c1-16-2-6-20(7-3-16)37(35,36)33-9-8-21-25(33)30-15-23-31-32-24(34(21)23)18-5-4-17(10-18)12-28-22-14-27-19(11-26)13-29-22/h2-3,6-9,13-15,17-18H,4-5,10,12H2,1H3,(H,28,29)/t17-,18-/m0/s1. The summed E-state index contributed by atoms with van der Waals surface area (Å²) in [5.41, 5.74) is 2.85. The smallest absolute Gasteiger partial charge is 0.269 e. The van der Waals surface area contributed by atoms with E-state index in [-0.39, 0.29) is 16.5 Å². The first-order valence-corrected chi connectivity index (χ1v) is 13.4. The van der Waals surface area contributed by atoms with Crippen LogP contribution in [0, 0.1) is 24.2 Å². The molecule has 1 N–H and O–H groups in total. The Hall–Kier alpha value is -4.37. The van der Waals surface area contributed by atoms with Gasteiger partial charge in [-0.15, -0.1) is 10.2 Å². The highest BCUT2D eigenvalue weighted by molar-refractivity contribution is 7.90. The van der Waals surface area contributed by atoms with Gasteiger partial charge < -0.3 is 5.32 Å². The molecule has 0 bridgehead atoms. The van der Waals surface area contributed by atoms with Crippen molar-refractivity contribution in [2.45, 2.75) is 37.0 Å². The average molecular weight is 514 g/mol. The summed E-state index contributed by atoms with van der Waals surface area (Å²) >= 11 is 0. The monoisotopic (exact) mass is 513 g/mol. The molecule has 1 aliphatic carbocycles. The first-order valence-electron chi connectivity index (χ1n) is 11.9. The summed E-state index contributed by atoms with van der Waals surface area (Å²) in [5, 5.41) is 21.0. The summed E-state index contributed by atoms with van der Waals surface area (Å²) < 4.78 is 29.9. The van der Waals surface area contributed by atoms with Crippen LogP contribution in [-0.2, 0) is 10.0 Å². The van der Waals surface area contributed by atoms with Crippen molar-refractivity contribution in [3.63, 3.8) is 0 Å². The zero-order valence-corrected chi connectivity index (χ0v) is 20.8. The van der Waals surface area contributed by atoms with Crippen LogP contribution in [0.3, 0.4) is 0 Å². The van der Waals surface area contributed by atoms with Crippen LogP contribution in [0.1, 0.15) is 42.3 Å². The molecule has 186 valence electrons. The van der Waals surface area contributed by atoms with E-state index < -0.39 is 10.0 Å². The summed E-state index contributed by atoms with van der Waals surface area (Å²) in [6, 6.07) is 10.5. The third-order valence-corrected chi connectivity index (χ3v) is 8.56. The number of fused-ring (bicyclic) bond motifs is 3. The normalized spacial score (nSPS) is 17.8. The SMILES string of the molecule is Cc1ccc(S(=O)(=O)n2ccc3c2ncc2nnc([C@H]4CC[C@H](CNc5cnc(C#N)cn5)C4)n23)cc1. The lowest BCUT2D eigenvalue weighted by Gasteiger charge is -2.12. The van der Waals surface area contributed by atoms with Crippen molar-refractivity contribution in [1.82, 2.24) is 33.5 Å². The fraction of sp³-hybridized carbons (Fsp3) is 0.280. The van der Waals surface area contributed by atoms with Crippen molar-refractivity contribution < 1.29 is 8.42 Å². The minimum absolute atomic E-state index is 0.177. The Balaban J connectivity index is 1.27. The molecule has 1 aromatic carbocycles. The highest BCUT2D eigenvalue weighted by Gasteiger charge is 2.30. The molecular weight excluding hydrogens is 490 g/mol. The number of hydrogen-bond donors (Lipinski definition) is 1. The molecule has 1 fully saturated rings. The summed E-state index contributed by atoms with van der Waals surface area (Å²) in [6.07, 6.45) is 8.98. The maximum absolute atomic E-state index is 13.4. The largest absolute Gasteiger partial charge is 0.369 e. The van der Waals surface area contributed by atoms with Gasteiger partial charge in [-0.1, -0.05) is 17.7 Å². The first-order chi connectivity index (χ1) is 17.9. The molecule has 0 unspecified atom stereocenters. The van der Waals surface area contributed by atoms with Crippen LogP contribution in [0.15, 0.2) is 60.0 Å². The Kier molecular flexibility index (Phi) is 5.57. The highest BCUT2D eigenvalue weighted by atomic mass is 32.2. The molecule has 0 amide bonds. The first kappa shape index (κ1) is 23.1. The zero-order valence-electron chi connectivity index (χ0n) is 20.0. The summed E-state index contributed by atoms with van der Waals surface area (Å²) in [5.74, 6) is 2.03. The lowest BCUT2D eigenvalue weighted by Crippen LogP contribution is -2.13. The number of benzene rings is 1. The predicted octanol–water partition coefficient (Wildman–Crippen LogP) is 3.28. The van der Waals surface area contributed by atoms with E-state index in [1.807, 2.05) is 17.4 Å². The predicted molar refractivity (Wildman–Crippen MR) is 135 cm³/mol. The van der Waals surface area contributed by atoms with Crippen molar-refractivity contribution in [1.29, 1.82) is 5.26 Å². The molecule has 2 atom stereocenters. The number of hydrogen-bond acceptors (Lipinski definition) is 9. The minimum Gasteiger partial charge on any atom is -0.369 e. The summed E-state index contributed by atoms with van der Waals surface area (Å²) in [4.78, 5) is 12.9. The number of aryl methyl sites for hydroxylation is 1. The molecule has 1 aliphatic rings. The molecule has 6 rings (SSSR count). The molecule has 0 radical (unpaired) electrons. The molecule has 37 heavy (non-hydrogen) atoms. The van der Waals surface area contributed by atoms with Gasteiger partial charge in [0.05, 0.1) is 29.0 Å². The van der Waals surface area contributed by atoms with Gasteiger partial charge in [-0.2, -0.15) is 5.26 Å².